The van der Waals surface area contributed by atoms with Gasteiger partial charge in [0, 0.05) is 11.8 Å². The maximum absolute atomic E-state index is 12.3. The SMILES string of the molecule is CC1=CC2OC3C(O)(O)CC(C)(C34CO4)C2(CO)C(O)C1=O. The predicted octanol–water partition coefficient (Wildman–Crippen LogP) is -1.52. The summed E-state index contributed by atoms with van der Waals surface area (Å²) in [5.41, 5.74) is -3.00. The second kappa shape index (κ2) is 3.80. The molecule has 3 fully saturated rings. The van der Waals surface area contributed by atoms with Crippen LogP contribution in [-0.4, -0.2) is 69.1 Å². The molecule has 0 aromatic carbocycles. The highest BCUT2D eigenvalue weighted by molar-refractivity contribution is 6.00. The summed E-state index contributed by atoms with van der Waals surface area (Å²) in [6.07, 6.45) is -1.81. The van der Waals surface area contributed by atoms with Gasteiger partial charge in [-0.15, -0.1) is 0 Å². The van der Waals surface area contributed by atoms with E-state index in [0.29, 0.717) is 5.57 Å². The Morgan fingerprint density at radius 2 is 2.05 bits per heavy atom. The van der Waals surface area contributed by atoms with Crippen LogP contribution in [0.4, 0.5) is 0 Å². The van der Waals surface area contributed by atoms with Gasteiger partial charge in [0.15, 0.2) is 11.6 Å². The van der Waals surface area contributed by atoms with Gasteiger partial charge in [-0.3, -0.25) is 4.79 Å². The average Bonchev–Trinajstić information content (AvgIpc) is 3.20. The van der Waals surface area contributed by atoms with Crippen LogP contribution in [0.1, 0.15) is 20.3 Å². The molecule has 1 spiro atoms. The second-order valence-electron chi connectivity index (χ2n) is 7.32. The van der Waals surface area contributed by atoms with Crippen molar-refractivity contribution in [2.24, 2.45) is 10.8 Å². The van der Waals surface area contributed by atoms with E-state index in [1.54, 1.807) is 19.9 Å². The van der Waals surface area contributed by atoms with Crippen LogP contribution in [0.2, 0.25) is 0 Å². The van der Waals surface area contributed by atoms with Crippen molar-refractivity contribution in [2.75, 3.05) is 13.2 Å². The van der Waals surface area contributed by atoms with Crippen LogP contribution < -0.4 is 0 Å². The van der Waals surface area contributed by atoms with Crippen molar-refractivity contribution in [3.63, 3.8) is 0 Å². The Labute approximate surface area is 127 Å². The van der Waals surface area contributed by atoms with Crippen LogP contribution in [0, 0.1) is 10.8 Å². The number of ether oxygens (including phenoxy) is 2. The van der Waals surface area contributed by atoms with E-state index in [4.69, 9.17) is 9.47 Å². The van der Waals surface area contributed by atoms with Crippen molar-refractivity contribution in [3.8, 4) is 0 Å². The lowest BCUT2D eigenvalue weighted by atomic mass is 9.50. The number of rotatable bonds is 1. The van der Waals surface area contributed by atoms with Crippen LogP contribution in [0.25, 0.3) is 0 Å². The number of fused-ring (bicyclic) bond motifs is 2. The van der Waals surface area contributed by atoms with E-state index in [1.165, 1.54) is 0 Å². The molecule has 7 heteroatoms. The molecule has 122 valence electrons. The van der Waals surface area contributed by atoms with Gasteiger partial charge in [-0.25, -0.2) is 0 Å². The molecule has 6 atom stereocenters. The van der Waals surface area contributed by atoms with Gasteiger partial charge in [0.05, 0.1) is 24.7 Å². The molecule has 0 amide bonds. The fraction of sp³-hybridized carbons (Fsp3) is 0.800. The average molecular weight is 312 g/mol. The summed E-state index contributed by atoms with van der Waals surface area (Å²) < 4.78 is 11.4. The molecule has 0 aromatic rings. The molecule has 2 heterocycles. The third-order valence-electron chi connectivity index (χ3n) is 6.45. The minimum atomic E-state index is -2.13. The summed E-state index contributed by atoms with van der Waals surface area (Å²) in [4.78, 5) is 12.3. The Morgan fingerprint density at radius 1 is 1.41 bits per heavy atom. The molecule has 2 saturated heterocycles. The quantitative estimate of drug-likeness (QED) is 0.343. The van der Waals surface area contributed by atoms with Crippen LogP contribution in [-0.2, 0) is 14.3 Å². The van der Waals surface area contributed by atoms with E-state index in [9.17, 15) is 25.2 Å². The van der Waals surface area contributed by atoms with Gasteiger partial charge in [-0.05, 0) is 18.6 Å². The molecule has 2 aliphatic heterocycles. The highest BCUT2D eigenvalue weighted by Crippen LogP contribution is 2.72. The Hall–Kier alpha value is -0.830. The van der Waals surface area contributed by atoms with Gasteiger partial charge in [0.2, 0.25) is 0 Å². The predicted molar refractivity (Wildman–Crippen MR) is 71.5 cm³/mol. The first-order valence-corrected chi connectivity index (χ1v) is 7.42. The zero-order valence-corrected chi connectivity index (χ0v) is 12.4. The maximum atomic E-state index is 12.3. The first-order valence-electron chi connectivity index (χ1n) is 7.42. The number of ketones is 1. The summed E-state index contributed by atoms with van der Waals surface area (Å²) in [5, 5.41) is 41.5. The fourth-order valence-electron chi connectivity index (χ4n) is 5.09. The number of aliphatic hydroxyl groups is 4. The van der Waals surface area contributed by atoms with E-state index < -0.39 is 52.9 Å². The largest absolute Gasteiger partial charge is 0.396 e. The standard InChI is InChI=1S/C15H20O7/c1-7-3-8-13(5-16,10(18)9(7)17)12(2)4-15(19,20)11(22-8)14(12)6-21-14/h3,8,10-11,16,18-20H,4-6H2,1-2H3. The van der Waals surface area contributed by atoms with Crippen molar-refractivity contribution in [1.82, 2.24) is 0 Å². The normalized spacial score (nSPS) is 55.1. The molecular formula is C15H20O7. The molecular weight excluding hydrogens is 292 g/mol. The van der Waals surface area contributed by atoms with Gasteiger partial charge >= 0.3 is 0 Å². The fourth-order valence-corrected chi connectivity index (χ4v) is 5.09. The topological polar surface area (TPSA) is 120 Å². The maximum Gasteiger partial charge on any atom is 0.193 e. The summed E-state index contributed by atoms with van der Waals surface area (Å²) in [6, 6.07) is 0. The summed E-state index contributed by atoms with van der Waals surface area (Å²) in [5.74, 6) is -2.60. The lowest BCUT2D eigenvalue weighted by molar-refractivity contribution is -0.272. The van der Waals surface area contributed by atoms with E-state index in [-0.39, 0.29) is 13.0 Å². The first kappa shape index (κ1) is 14.7. The number of hydrogen-bond acceptors (Lipinski definition) is 7. The van der Waals surface area contributed by atoms with Crippen molar-refractivity contribution in [3.05, 3.63) is 11.6 Å². The van der Waals surface area contributed by atoms with E-state index in [1.807, 2.05) is 0 Å². The van der Waals surface area contributed by atoms with E-state index >= 15 is 0 Å². The summed E-state index contributed by atoms with van der Waals surface area (Å²) in [6.45, 7) is 3.04. The molecule has 1 saturated carbocycles. The van der Waals surface area contributed by atoms with Gasteiger partial charge in [0.25, 0.3) is 0 Å². The minimum absolute atomic E-state index is 0.140. The lowest BCUT2D eigenvalue weighted by Gasteiger charge is -2.58. The highest BCUT2D eigenvalue weighted by atomic mass is 16.7. The van der Waals surface area contributed by atoms with Crippen LogP contribution >= 0.6 is 0 Å². The zero-order valence-electron chi connectivity index (χ0n) is 12.4. The number of aliphatic hydroxyl groups excluding tert-OH is 2. The van der Waals surface area contributed by atoms with Crippen molar-refractivity contribution in [2.45, 2.75) is 50.0 Å². The first-order chi connectivity index (χ1) is 10.2. The minimum Gasteiger partial charge on any atom is -0.396 e. The van der Waals surface area contributed by atoms with Crippen molar-refractivity contribution >= 4 is 5.78 Å². The van der Waals surface area contributed by atoms with Gasteiger partial charge in [-0.1, -0.05) is 6.92 Å². The molecule has 22 heavy (non-hydrogen) atoms. The lowest BCUT2D eigenvalue weighted by Crippen LogP contribution is -2.70. The zero-order chi connectivity index (χ0) is 16.1. The smallest absolute Gasteiger partial charge is 0.193 e. The van der Waals surface area contributed by atoms with Crippen LogP contribution in [0.15, 0.2) is 11.6 Å². The molecule has 4 N–H and O–H groups in total. The van der Waals surface area contributed by atoms with Crippen molar-refractivity contribution in [1.29, 1.82) is 0 Å². The highest BCUT2D eigenvalue weighted by Gasteiger charge is 2.86. The van der Waals surface area contributed by atoms with Crippen molar-refractivity contribution < 1.29 is 34.7 Å². The summed E-state index contributed by atoms with van der Waals surface area (Å²) in [7, 11) is 0. The Bertz CT molecular complexity index is 593. The van der Waals surface area contributed by atoms with Gasteiger partial charge < -0.3 is 29.9 Å². The molecule has 4 aliphatic rings. The number of hydrogen-bond donors (Lipinski definition) is 4. The third-order valence-corrected chi connectivity index (χ3v) is 6.45. The second-order valence-corrected chi connectivity index (χ2v) is 7.32. The van der Waals surface area contributed by atoms with Crippen LogP contribution in [0.3, 0.4) is 0 Å². The van der Waals surface area contributed by atoms with E-state index in [0.717, 1.165) is 0 Å². The molecule has 7 nitrogen and oxygen atoms in total. The van der Waals surface area contributed by atoms with Gasteiger partial charge in [-0.2, -0.15) is 0 Å². The molecule has 2 aliphatic carbocycles. The third kappa shape index (κ3) is 1.25. The Balaban J connectivity index is 1.97. The Morgan fingerprint density at radius 3 is 2.59 bits per heavy atom. The number of carbonyl (C=O) groups excluding carboxylic acids is 1. The molecule has 4 rings (SSSR count). The van der Waals surface area contributed by atoms with Crippen LogP contribution in [0.5, 0.6) is 0 Å². The molecule has 6 unspecified atom stereocenters. The monoisotopic (exact) mass is 312 g/mol. The summed E-state index contributed by atoms with van der Waals surface area (Å²) >= 11 is 0. The van der Waals surface area contributed by atoms with Gasteiger partial charge in [0.1, 0.15) is 17.8 Å². The number of Topliss-reactive ketones (excluding diaryl/α,β-unsaturated/α-hetero) is 1. The molecule has 0 aromatic heterocycles. The molecule has 2 bridgehead atoms. The Kier molecular flexibility index (Phi) is 2.55. The number of carbonyl (C=O) groups is 1. The van der Waals surface area contributed by atoms with E-state index in [2.05, 4.69) is 0 Å². The molecule has 0 radical (unpaired) electrons. The number of epoxide rings is 1.